The molecule has 2 heterocycles. The fraction of sp³-hybridized carbons (Fsp3) is 0.552. The highest BCUT2D eigenvalue weighted by atomic mass is 32.2. The summed E-state index contributed by atoms with van der Waals surface area (Å²) in [6.45, 7) is 2.75. The molecule has 0 radical (unpaired) electrons. The molecule has 3 atom stereocenters. The molecule has 0 saturated carbocycles. The Kier molecular flexibility index (Phi) is 6.67. The second-order valence-electron chi connectivity index (χ2n) is 11.8. The number of benzene rings is 2. The molecule has 2 fully saturated rings. The lowest BCUT2D eigenvalue weighted by Gasteiger charge is -2.46. The third kappa shape index (κ3) is 4.76. The average molecular weight is 570 g/mol. The number of amides is 1. The maximum atomic E-state index is 14.9. The van der Waals surface area contributed by atoms with Crippen LogP contribution in [0.3, 0.4) is 0 Å². The van der Waals surface area contributed by atoms with E-state index in [0.717, 1.165) is 11.1 Å². The van der Waals surface area contributed by atoms with Crippen LogP contribution in [-0.4, -0.2) is 49.5 Å². The van der Waals surface area contributed by atoms with E-state index in [9.17, 15) is 35.2 Å². The molecule has 1 unspecified atom stereocenters. The number of carbonyl (C=O) groups excluding carboxylic acids is 1. The topological polar surface area (TPSA) is 54.5 Å². The maximum absolute atomic E-state index is 14.9. The first-order chi connectivity index (χ1) is 18.1. The van der Waals surface area contributed by atoms with Crippen LogP contribution in [0.15, 0.2) is 42.5 Å². The molecule has 39 heavy (non-hydrogen) atoms. The molecule has 5 rings (SSSR count). The fourth-order valence-corrected chi connectivity index (χ4v) is 8.51. The Morgan fingerprint density at radius 2 is 1.67 bits per heavy atom. The normalized spacial score (nSPS) is 27.4. The van der Waals surface area contributed by atoms with Gasteiger partial charge in [0.1, 0.15) is 15.7 Å². The monoisotopic (exact) mass is 569 g/mol. The summed E-state index contributed by atoms with van der Waals surface area (Å²) in [6, 6.07) is 9.85. The largest absolute Gasteiger partial charge is 0.426 e. The number of hydrogen-bond donors (Lipinski definition) is 0. The molecular weight excluding hydrogens is 537 g/mol. The van der Waals surface area contributed by atoms with Crippen molar-refractivity contribution >= 4 is 15.7 Å². The van der Waals surface area contributed by atoms with Crippen LogP contribution in [0.5, 0.6) is 0 Å². The van der Waals surface area contributed by atoms with Crippen molar-refractivity contribution < 1.29 is 35.2 Å². The summed E-state index contributed by atoms with van der Waals surface area (Å²) in [5.74, 6) is -0.570. The first-order valence-electron chi connectivity index (χ1n) is 13.2. The SMILES string of the molecule is CC1(C(=O)N2CC[C@@]3(Cc4ccc(F)cc4)c4ccc(C(C)(F)C(F)(F)F)cc4CC[C@@H]23)CCS(=O)(=O)CC1. The number of halogens is 5. The lowest BCUT2D eigenvalue weighted by Crippen LogP contribution is -2.53. The predicted molar refractivity (Wildman–Crippen MR) is 137 cm³/mol. The summed E-state index contributed by atoms with van der Waals surface area (Å²) in [5.41, 5.74) is -3.18. The van der Waals surface area contributed by atoms with E-state index in [1.165, 1.54) is 24.3 Å². The zero-order valence-electron chi connectivity index (χ0n) is 22.0. The molecule has 0 spiro atoms. The standard InChI is InChI=1S/C29H32F5NO3S/c1-26(12-15-39(37,38)16-13-26)25(36)35-14-11-28(18-19-3-7-22(30)8-4-19)23-9-6-21(27(2,31)29(32,33)34)17-20(23)5-10-24(28)35/h3-4,6-9,17,24H,5,10-16,18H2,1-2H3/t24-,27?,28-/m1/s1. The molecule has 2 aromatic carbocycles. The van der Waals surface area contributed by atoms with Crippen LogP contribution in [-0.2, 0) is 38.6 Å². The number of likely N-dealkylation sites (tertiary alicyclic amines) is 1. The van der Waals surface area contributed by atoms with Crippen molar-refractivity contribution in [3.63, 3.8) is 0 Å². The Labute approximate surface area is 225 Å². The van der Waals surface area contributed by atoms with E-state index in [-0.39, 0.29) is 42.1 Å². The minimum atomic E-state index is -5.07. The Hall–Kier alpha value is -2.49. The van der Waals surface area contributed by atoms with Gasteiger partial charge in [-0.2, -0.15) is 13.2 Å². The van der Waals surface area contributed by atoms with Crippen LogP contribution >= 0.6 is 0 Å². The highest BCUT2D eigenvalue weighted by Gasteiger charge is 2.57. The van der Waals surface area contributed by atoms with Gasteiger partial charge < -0.3 is 4.90 Å². The predicted octanol–water partition coefficient (Wildman–Crippen LogP) is 5.82. The van der Waals surface area contributed by atoms with Gasteiger partial charge in [-0.3, -0.25) is 4.79 Å². The Balaban J connectivity index is 1.55. The smallest absolute Gasteiger partial charge is 0.338 e. The molecule has 0 N–H and O–H groups in total. The number of fused-ring (bicyclic) bond motifs is 3. The number of alkyl halides is 4. The van der Waals surface area contributed by atoms with E-state index in [2.05, 4.69) is 0 Å². The molecular formula is C29H32F5NO3S. The van der Waals surface area contributed by atoms with Gasteiger partial charge in [-0.25, -0.2) is 17.2 Å². The molecule has 0 aromatic heterocycles. The summed E-state index contributed by atoms with van der Waals surface area (Å²) in [7, 11) is -3.17. The third-order valence-electron chi connectivity index (χ3n) is 9.36. The fourth-order valence-electron chi connectivity index (χ4n) is 6.78. The molecule has 2 saturated heterocycles. The number of rotatable bonds is 4. The molecule has 1 amide bonds. The molecule has 212 valence electrons. The van der Waals surface area contributed by atoms with Gasteiger partial charge in [0.25, 0.3) is 0 Å². The third-order valence-corrected chi connectivity index (χ3v) is 11.0. The lowest BCUT2D eigenvalue weighted by atomic mass is 9.63. The Bertz CT molecular complexity index is 1370. The Morgan fingerprint density at radius 3 is 2.28 bits per heavy atom. The van der Waals surface area contributed by atoms with Gasteiger partial charge in [-0.1, -0.05) is 37.3 Å². The zero-order chi connectivity index (χ0) is 28.4. The summed E-state index contributed by atoms with van der Waals surface area (Å²) in [4.78, 5) is 15.8. The van der Waals surface area contributed by atoms with Crippen LogP contribution in [0.25, 0.3) is 0 Å². The Morgan fingerprint density at radius 1 is 1.03 bits per heavy atom. The van der Waals surface area contributed by atoms with Crippen LogP contribution in [0.1, 0.15) is 61.8 Å². The summed E-state index contributed by atoms with van der Waals surface area (Å²) in [6.07, 6.45) is -2.75. The van der Waals surface area contributed by atoms with Crippen molar-refractivity contribution in [1.29, 1.82) is 0 Å². The number of hydrogen-bond acceptors (Lipinski definition) is 3. The summed E-state index contributed by atoms with van der Waals surface area (Å²) < 4.78 is 93.0. The van der Waals surface area contributed by atoms with Crippen LogP contribution < -0.4 is 0 Å². The van der Waals surface area contributed by atoms with Crippen LogP contribution in [0, 0.1) is 11.2 Å². The molecule has 0 bridgehead atoms. The minimum absolute atomic E-state index is 0.0404. The van der Waals surface area contributed by atoms with Crippen LogP contribution in [0.4, 0.5) is 22.0 Å². The van der Waals surface area contributed by atoms with Gasteiger partial charge in [0, 0.05) is 23.4 Å². The molecule has 2 aromatic rings. The van der Waals surface area contributed by atoms with Gasteiger partial charge in [0.15, 0.2) is 0 Å². The van der Waals surface area contributed by atoms with E-state index in [1.54, 1.807) is 18.2 Å². The van der Waals surface area contributed by atoms with Crippen molar-refractivity contribution in [3.05, 3.63) is 70.5 Å². The molecule has 1 aliphatic carbocycles. The quantitative estimate of drug-likeness (QED) is 0.437. The molecule has 2 aliphatic heterocycles. The highest BCUT2D eigenvalue weighted by Crippen LogP contribution is 2.52. The van der Waals surface area contributed by atoms with Gasteiger partial charge in [0.2, 0.25) is 11.6 Å². The second kappa shape index (κ2) is 9.28. The van der Waals surface area contributed by atoms with Crippen LogP contribution in [0.2, 0.25) is 0 Å². The van der Waals surface area contributed by atoms with Crippen molar-refractivity contribution in [2.24, 2.45) is 5.41 Å². The number of nitrogens with zero attached hydrogens (tertiary/aromatic N) is 1. The van der Waals surface area contributed by atoms with E-state index in [0.29, 0.717) is 44.7 Å². The van der Waals surface area contributed by atoms with Gasteiger partial charge in [-0.05, 0) is 79.8 Å². The van der Waals surface area contributed by atoms with Crippen molar-refractivity contribution in [2.45, 2.75) is 75.7 Å². The highest BCUT2D eigenvalue weighted by molar-refractivity contribution is 7.91. The van der Waals surface area contributed by atoms with Crippen molar-refractivity contribution in [3.8, 4) is 0 Å². The van der Waals surface area contributed by atoms with E-state index >= 15 is 0 Å². The molecule has 3 aliphatic rings. The molecule has 4 nitrogen and oxygen atoms in total. The number of sulfone groups is 1. The van der Waals surface area contributed by atoms with Gasteiger partial charge in [0.05, 0.1) is 11.5 Å². The van der Waals surface area contributed by atoms with E-state index in [4.69, 9.17) is 0 Å². The summed E-state index contributed by atoms with van der Waals surface area (Å²) in [5, 5.41) is 0. The first-order valence-corrected chi connectivity index (χ1v) is 15.1. The van der Waals surface area contributed by atoms with E-state index in [1.807, 2.05) is 11.8 Å². The van der Waals surface area contributed by atoms with Crippen molar-refractivity contribution in [2.75, 3.05) is 18.1 Å². The van der Waals surface area contributed by atoms with Gasteiger partial charge >= 0.3 is 6.18 Å². The minimum Gasteiger partial charge on any atom is -0.338 e. The van der Waals surface area contributed by atoms with Crippen molar-refractivity contribution in [1.82, 2.24) is 4.90 Å². The summed E-state index contributed by atoms with van der Waals surface area (Å²) >= 11 is 0. The molecule has 10 heteroatoms. The zero-order valence-corrected chi connectivity index (χ0v) is 22.8. The second-order valence-corrected chi connectivity index (χ2v) is 14.2. The first kappa shape index (κ1) is 28.1. The number of carbonyl (C=O) groups is 1. The van der Waals surface area contributed by atoms with E-state index < -0.39 is 38.1 Å². The van der Waals surface area contributed by atoms with Gasteiger partial charge in [-0.15, -0.1) is 0 Å². The lowest BCUT2D eigenvalue weighted by molar-refractivity contribution is -0.228. The average Bonchev–Trinajstić information content (AvgIpc) is 3.25. The maximum Gasteiger partial charge on any atom is 0.426 e. The number of aryl methyl sites for hydroxylation is 1.